The van der Waals surface area contributed by atoms with Gasteiger partial charge in [0.2, 0.25) is 5.91 Å². The van der Waals surface area contributed by atoms with Crippen molar-refractivity contribution in [2.75, 3.05) is 13.2 Å². The van der Waals surface area contributed by atoms with E-state index in [1.54, 1.807) is 11.8 Å². The van der Waals surface area contributed by atoms with Crippen LogP contribution in [0, 0.1) is 11.8 Å². The summed E-state index contributed by atoms with van der Waals surface area (Å²) < 4.78 is 12.7. The van der Waals surface area contributed by atoms with Crippen molar-refractivity contribution in [2.45, 2.75) is 58.2 Å². The molecule has 0 radical (unpaired) electrons. The molecule has 0 aromatic heterocycles. The van der Waals surface area contributed by atoms with Crippen LogP contribution in [-0.4, -0.2) is 54.8 Å². The molecule has 3 aromatic rings. The van der Waals surface area contributed by atoms with Crippen LogP contribution in [0.4, 0.5) is 0 Å². The summed E-state index contributed by atoms with van der Waals surface area (Å²) in [5.74, 6) is -1.17. The summed E-state index contributed by atoms with van der Waals surface area (Å²) in [7, 11) is -2.76. The number of carbonyl (C=O) groups excluding carboxylic acids is 1. The molecule has 0 aliphatic carbocycles. The molecule has 1 N–H and O–H groups in total. The van der Waals surface area contributed by atoms with Gasteiger partial charge < -0.3 is 14.3 Å². The molecule has 1 aliphatic rings. The minimum absolute atomic E-state index is 0.175. The van der Waals surface area contributed by atoms with Crippen LogP contribution in [0.5, 0.6) is 0 Å². The summed E-state index contributed by atoms with van der Waals surface area (Å²) in [5.41, 5.74) is 1.11. The standard InChI is InChI=1S/C33H41NO4SSi/c1-24(22-38-40(33(3,4)5,28-17-11-7-12-18-28)29-19-13-8-14-20-29)30(35)25(2)31(36)34-27(23-37-32(34)39)21-26-15-9-6-10-16-26/h6-20,24-25,27,30,35H,21-23H2,1-5H3/t24-,25+,27-,30-/m0/s1. The van der Waals surface area contributed by atoms with Crippen LogP contribution >= 0.6 is 12.2 Å². The van der Waals surface area contributed by atoms with E-state index in [2.05, 4.69) is 69.3 Å². The fourth-order valence-corrected chi connectivity index (χ4v) is 10.7. The minimum Gasteiger partial charge on any atom is -0.468 e. The van der Waals surface area contributed by atoms with Crippen LogP contribution in [0.1, 0.15) is 40.2 Å². The van der Waals surface area contributed by atoms with E-state index in [1.165, 1.54) is 10.4 Å². The van der Waals surface area contributed by atoms with Gasteiger partial charge in [-0.3, -0.25) is 9.69 Å². The number of rotatable bonds is 10. The van der Waals surface area contributed by atoms with Gasteiger partial charge in [0, 0.05) is 12.5 Å². The summed E-state index contributed by atoms with van der Waals surface area (Å²) >= 11 is 5.41. The quantitative estimate of drug-likeness (QED) is 0.274. The SMILES string of the molecule is C[C@@H](CO[Si](c1ccccc1)(c1ccccc1)C(C)(C)C)[C@H](O)[C@@H](C)C(=O)N1C(=S)OC[C@@H]1Cc1ccccc1. The smallest absolute Gasteiger partial charge is 0.266 e. The largest absolute Gasteiger partial charge is 0.468 e. The molecule has 212 valence electrons. The Kier molecular flexibility index (Phi) is 9.62. The van der Waals surface area contributed by atoms with E-state index >= 15 is 0 Å². The maximum atomic E-state index is 13.7. The third kappa shape index (κ3) is 6.23. The number of aliphatic hydroxyl groups is 1. The molecule has 4 atom stereocenters. The van der Waals surface area contributed by atoms with E-state index < -0.39 is 20.3 Å². The summed E-state index contributed by atoms with van der Waals surface area (Å²) in [6.07, 6.45) is -0.270. The second kappa shape index (κ2) is 12.8. The molecular formula is C33H41NO4SSi. The number of aliphatic hydroxyl groups excluding tert-OH is 1. The molecule has 7 heteroatoms. The molecule has 1 aliphatic heterocycles. The van der Waals surface area contributed by atoms with Gasteiger partial charge in [0.25, 0.3) is 13.5 Å². The third-order valence-electron chi connectivity index (χ3n) is 7.98. The van der Waals surface area contributed by atoms with Crippen molar-refractivity contribution in [1.29, 1.82) is 0 Å². The Hall–Kier alpha value is -2.84. The van der Waals surface area contributed by atoms with Crippen molar-refractivity contribution in [3.05, 3.63) is 96.6 Å². The van der Waals surface area contributed by atoms with Crippen LogP contribution in [-0.2, 0) is 20.4 Å². The maximum absolute atomic E-state index is 13.7. The van der Waals surface area contributed by atoms with Crippen molar-refractivity contribution in [3.8, 4) is 0 Å². The highest BCUT2D eigenvalue weighted by atomic mass is 32.1. The summed E-state index contributed by atoms with van der Waals surface area (Å²) in [5, 5.41) is 13.8. The first-order valence-electron chi connectivity index (χ1n) is 14.0. The molecular weight excluding hydrogens is 535 g/mol. The second-order valence-corrected chi connectivity index (χ2v) is 16.5. The number of hydrogen-bond acceptors (Lipinski definition) is 5. The molecule has 0 spiro atoms. The van der Waals surface area contributed by atoms with E-state index in [-0.39, 0.29) is 28.1 Å². The lowest BCUT2D eigenvalue weighted by atomic mass is 9.92. The van der Waals surface area contributed by atoms with Crippen molar-refractivity contribution >= 4 is 42.0 Å². The zero-order valence-electron chi connectivity index (χ0n) is 24.1. The van der Waals surface area contributed by atoms with Crippen molar-refractivity contribution in [2.24, 2.45) is 11.8 Å². The van der Waals surface area contributed by atoms with Gasteiger partial charge in [0.1, 0.15) is 6.61 Å². The Labute approximate surface area is 245 Å². The number of hydrogen-bond donors (Lipinski definition) is 1. The minimum atomic E-state index is -2.76. The Morgan fingerprint density at radius 2 is 1.48 bits per heavy atom. The van der Waals surface area contributed by atoms with Crippen LogP contribution < -0.4 is 10.4 Å². The first-order valence-corrected chi connectivity index (χ1v) is 16.3. The summed E-state index contributed by atoms with van der Waals surface area (Å²) in [4.78, 5) is 15.2. The first-order chi connectivity index (χ1) is 19.1. The molecule has 40 heavy (non-hydrogen) atoms. The van der Waals surface area contributed by atoms with Crippen LogP contribution in [0.25, 0.3) is 0 Å². The monoisotopic (exact) mass is 575 g/mol. The molecule has 1 saturated heterocycles. The number of nitrogens with zero attached hydrogens (tertiary/aromatic N) is 1. The van der Waals surface area contributed by atoms with E-state index in [4.69, 9.17) is 21.4 Å². The fraction of sp³-hybridized carbons (Fsp3) is 0.394. The predicted octanol–water partition coefficient (Wildman–Crippen LogP) is 4.95. The van der Waals surface area contributed by atoms with Gasteiger partial charge in [-0.15, -0.1) is 0 Å². The van der Waals surface area contributed by atoms with Gasteiger partial charge in [0.05, 0.1) is 18.1 Å². The summed E-state index contributed by atoms with van der Waals surface area (Å²) in [6, 6.07) is 30.7. The predicted molar refractivity (Wildman–Crippen MR) is 167 cm³/mol. The molecule has 0 saturated carbocycles. The molecule has 1 heterocycles. The zero-order valence-corrected chi connectivity index (χ0v) is 25.9. The van der Waals surface area contributed by atoms with Crippen LogP contribution in [0.3, 0.4) is 0 Å². The Bertz CT molecular complexity index is 1230. The summed E-state index contributed by atoms with van der Waals surface area (Å²) in [6.45, 7) is 11.1. The number of thiocarbonyl (C=S) groups is 1. The molecule has 0 bridgehead atoms. The van der Waals surface area contributed by atoms with Gasteiger partial charge in [-0.05, 0) is 39.6 Å². The Morgan fingerprint density at radius 1 is 0.975 bits per heavy atom. The fourth-order valence-electron chi connectivity index (χ4n) is 5.74. The van der Waals surface area contributed by atoms with Crippen LogP contribution in [0.15, 0.2) is 91.0 Å². The molecule has 4 rings (SSSR count). The molecule has 3 aromatic carbocycles. The zero-order chi connectivity index (χ0) is 28.9. The first kappa shape index (κ1) is 30.1. The van der Waals surface area contributed by atoms with E-state index in [1.807, 2.05) is 49.4 Å². The molecule has 1 amide bonds. The highest BCUT2D eigenvalue weighted by Gasteiger charge is 2.50. The highest BCUT2D eigenvalue weighted by molar-refractivity contribution is 7.80. The average molecular weight is 576 g/mol. The molecule has 0 unspecified atom stereocenters. The lowest BCUT2D eigenvalue weighted by Gasteiger charge is -2.44. The van der Waals surface area contributed by atoms with E-state index in [0.29, 0.717) is 19.6 Å². The average Bonchev–Trinajstić information content (AvgIpc) is 3.32. The van der Waals surface area contributed by atoms with Gasteiger partial charge >= 0.3 is 0 Å². The Morgan fingerprint density at radius 3 is 1.98 bits per heavy atom. The lowest BCUT2D eigenvalue weighted by molar-refractivity contribution is -0.137. The number of amides is 1. The topological polar surface area (TPSA) is 59.0 Å². The number of ether oxygens (including phenoxy) is 1. The van der Waals surface area contributed by atoms with Gasteiger partial charge in [-0.25, -0.2) is 0 Å². The normalized spacial score (nSPS) is 18.2. The second-order valence-electron chi connectivity index (χ2n) is 11.9. The van der Waals surface area contributed by atoms with Crippen LogP contribution in [0.2, 0.25) is 5.04 Å². The number of carbonyl (C=O) groups is 1. The van der Waals surface area contributed by atoms with Gasteiger partial charge in [-0.1, -0.05) is 126 Å². The molecule has 5 nitrogen and oxygen atoms in total. The molecule has 1 fully saturated rings. The van der Waals surface area contributed by atoms with Gasteiger partial charge in [-0.2, -0.15) is 0 Å². The van der Waals surface area contributed by atoms with Crippen molar-refractivity contribution < 1.29 is 19.1 Å². The van der Waals surface area contributed by atoms with E-state index in [0.717, 1.165) is 5.56 Å². The number of benzene rings is 3. The maximum Gasteiger partial charge on any atom is 0.266 e. The van der Waals surface area contributed by atoms with E-state index in [9.17, 15) is 9.90 Å². The Balaban J connectivity index is 1.53. The van der Waals surface area contributed by atoms with Crippen molar-refractivity contribution in [1.82, 2.24) is 4.90 Å². The third-order valence-corrected chi connectivity index (χ3v) is 13.3. The lowest BCUT2D eigenvalue weighted by Crippen LogP contribution is -2.67. The highest BCUT2D eigenvalue weighted by Crippen LogP contribution is 2.37. The van der Waals surface area contributed by atoms with Gasteiger partial charge in [0.15, 0.2) is 0 Å². The van der Waals surface area contributed by atoms with Crippen molar-refractivity contribution in [3.63, 3.8) is 0 Å².